The lowest BCUT2D eigenvalue weighted by atomic mass is 10.1. The van der Waals surface area contributed by atoms with E-state index in [4.69, 9.17) is 4.74 Å². The quantitative estimate of drug-likeness (QED) is 0.640. The Balaban J connectivity index is 1.88. The van der Waals surface area contributed by atoms with Crippen LogP contribution >= 0.6 is 11.8 Å². The van der Waals surface area contributed by atoms with Crippen molar-refractivity contribution in [2.45, 2.75) is 31.8 Å². The Bertz CT molecular complexity index is 209. The number of amides is 1. The molecule has 0 aromatic carbocycles. The Labute approximate surface area is 108 Å². The van der Waals surface area contributed by atoms with E-state index < -0.39 is 0 Å². The third kappa shape index (κ3) is 7.63. The molecule has 17 heavy (non-hydrogen) atoms. The van der Waals surface area contributed by atoms with Gasteiger partial charge in [0.25, 0.3) is 0 Å². The fourth-order valence-electron chi connectivity index (χ4n) is 1.80. The van der Waals surface area contributed by atoms with Crippen molar-refractivity contribution >= 4 is 17.7 Å². The summed E-state index contributed by atoms with van der Waals surface area (Å²) in [6.07, 6.45) is 6.19. The summed E-state index contributed by atoms with van der Waals surface area (Å²) in [7, 11) is 0. The van der Waals surface area contributed by atoms with Crippen LogP contribution in [-0.4, -0.2) is 50.3 Å². The number of ether oxygens (including phenoxy) is 1. The second kappa shape index (κ2) is 9.74. The molecular weight excluding hydrogens is 236 g/mol. The van der Waals surface area contributed by atoms with Crippen LogP contribution < -0.4 is 10.6 Å². The molecule has 2 N–H and O–H groups in total. The van der Waals surface area contributed by atoms with Gasteiger partial charge < -0.3 is 15.4 Å². The van der Waals surface area contributed by atoms with Gasteiger partial charge in [-0.25, -0.2) is 0 Å². The van der Waals surface area contributed by atoms with Crippen LogP contribution in [0.1, 0.15) is 25.7 Å². The largest absolute Gasteiger partial charge is 0.378 e. The topological polar surface area (TPSA) is 50.4 Å². The second-order valence-electron chi connectivity index (χ2n) is 4.27. The van der Waals surface area contributed by atoms with E-state index in [1.54, 1.807) is 11.8 Å². The molecule has 1 aliphatic heterocycles. The molecule has 0 aliphatic carbocycles. The minimum Gasteiger partial charge on any atom is -0.378 e. The molecule has 0 saturated carbocycles. The SMILES string of the molecule is CSCCC(=O)NCCCOC1CCNCC1. The maximum atomic E-state index is 11.3. The van der Waals surface area contributed by atoms with Gasteiger partial charge in [0.1, 0.15) is 0 Å². The number of carbonyl (C=O) groups is 1. The van der Waals surface area contributed by atoms with Crippen molar-refractivity contribution in [1.29, 1.82) is 0 Å². The number of hydrogen-bond donors (Lipinski definition) is 2. The summed E-state index contributed by atoms with van der Waals surface area (Å²) in [4.78, 5) is 11.3. The minimum atomic E-state index is 0.154. The van der Waals surface area contributed by atoms with Crippen molar-refractivity contribution in [2.24, 2.45) is 0 Å². The van der Waals surface area contributed by atoms with Gasteiger partial charge in [0, 0.05) is 25.3 Å². The predicted octanol–water partition coefficient (Wildman–Crippen LogP) is 1.01. The van der Waals surface area contributed by atoms with E-state index in [0.717, 1.165) is 51.3 Å². The maximum Gasteiger partial charge on any atom is 0.220 e. The number of carbonyl (C=O) groups excluding carboxylic acids is 1. The first kappa shape index (κ1) is 14.8. The molecule has 5 heteroatoms. The number of hydrogen-bond acceptors (Lipinski definition) is 4. The van der Waals surface area contributed by atoms with Crippen LogP contribution in [0.15, 0.2) is 0 Å². The van der Waals surface area contributed by atoms with Gasteiger partial charge in [-0.15, -0.1) is 0 Å². The smallest absolute Gasteiger partial charge is 0.220 e. The van der Waals surface area contributed by atoms with Gasteiger partial charge in [0.05, 0.1) is 6.10 Å². The highest BCUT2D eigenvalue weighted by atomic mass is 32.2. The molecule has 1 aliphatic rings. The molecule has 0 aromatic heterocycles. The Hall–Kier alpha value is -0.260. The van der Waals surface area contributed by atoms with E-state index in [-0.39, 0.29) is 5.91 Å². The first-order chi connectivity index (χ1) is 8.33. The summed E-state index contributed by atoms with van der Waals surface area (Å²) in [5.41, 5.74) is 0. The summed E-state index contributed by atoms with van der Waals surface area (Å²) in [6.45, 7) is 3.62. The number of nitrogens with one attached hydrogen (secondary N) is 2. The lowest BCUT2D eigenvalue weighted by molar-refractivity contribution is -0.120. The zero-order valence-corrected chi connectivity index (χ0v) is 11.5. The fourth-order valence-corrected chi connectivity index (χ4v) is 2.18. The normalized spacial score (nSPS) is 17.0. The van der Waals surface area contributed by atoms with E-state index in [0.29, 0.717) is 12.5 Å². The number of rotatable bonds is 8. The molecular formula is C12H24N2O2S. The van der Waals surface area contributed by atoms with E-state index in [9.17, 15) is 4.79 Å². The molecule has 1 rings (SSSR count). The highest BCUT2D eigenvalue weighted by Crippen LogP contribution is 2.07. The zero-order chi connectivity index (χ0) is 12.3. The number of thioether (sulfide) groups is 1. The van der Waals surface area contributed by atoms with Gasteiger partial charge in [0.15, 0.2) is 0 Å². The van der Waals surface area contributed by atoms with Crippen LogP contribution in [0.3, 0.4) is 0 Å². The zero-order valence-electron chi connectivity index (χ0n) is 10.7. The summed E-state index contributed by atoms with van der Waals surface area (Å²) in [5.74, 6) is 1.05. The molecule has 1 amide bonds. The third-order valence-electron chi connectivity index (χ3n) is 2.82. The molecule has 1 fully saturated rings. The Morgan fingerprint density at radius 3 is 2.94 bits per heavy atom. The number of piperidine rings is 1. The molecule has 0 spiro atoms. The Kier molecular flexibility index (Phi) is 8.48. The summed E-state index contributed by atoms with van der Waals surface area (Å²) < 4.78 is 5.75. The molecule has 0 radical (unpaired) electrons. The molecule has 1 heterocycles. The standard InChI is InChI=1S/C12H24N2O2S/c1-17-10-5-12(15)14-6-2-9-16-11-3-7-13-8-4-11/h11,13H,2-10H2,1H3,(H,14,15). The lowest BCUT2D eigenvalue weighted by Crippen LogP contribution is -2.33. The van der Waals surface area contributed by atoms with Crippen LogP contribution in [0.2, 0.25) is 0 Å². The van der Waals surface area contributed by atoms with Crippen LogP contribution in [-0.2, 0) is 9.53 Å². The maximum absolute atomic E-state index is 11.3. The van der Waals surface area contributed by atoms with Crippen molar-refractivity contribution < 1.29 is 9.53 Å². The molecule has 4 nitrogen and oxygen atoms in total. The molecule has 1 saturated heterocycles. The van der Waals surface area contributed by atoms with Gasteiger partial charge in [-0.2, -0.15) is 11.8 Å². The van der Waals surface area contributed by atoms with Gasteiger partial charge in [0.2, 0.25) is 5.91 Å². The second-order valence-corrected chi connectivity index (χ2v) is 5.25. The summed E-state index contributed by atoms with van der Waals surface area (Å²) in [5, 5.41) is 6.22. The van der Waals surface area contributed by atoms with Crippen molar-refractivity contribution in [3.63, 3.8) is 0 Å². The highest BCUT2D eigenvalue weighted by molar-refractivity contribution is 7.98. The van der Waals surface area contributed by atoms with Crippen molar-refractivity contribution in [3.05, 3.63) is 0 Å². The van der Waals surface area contributed by atoms with Crippen molar-refractivity contribution in [2.75, 3.05) is 38.2 Å². The van der Waals surface area contributed by atoms with Crippen molar-refractivity contribution in [3.8, 4) is 0 Å². The van der Waals surface area contributed by atoms with Crippen LogP contribution in [0.4, 0.5) is 0 Å². The summed E-state index contributed by atoms with van der Waals surface area (Å²) >= 11 is 1.70. The molecule has 0 unspecified atom stereocenters. The predicted molar refractivity (Wildman–Crippen MR) is 72.5 cm³/mol. The average molecular weight is 260 g/mol. The molecule has 0 bridgehead atoms. The van der Waals surface area contributed by atoms with Crippen LogP contribution in [0, 0.1) is 0 Å². The van der Waals surface area contributed by atoms with Gasteiger partial charge >= 0.3 is 0 Å². The third-order valence-corrected chi connectivity index (χ3v) is 3.43. The van der Waals surface area contributed by atoms with Crippen LogP contribution in [0.5, 0.6) is 0 Å². The molecule has 100 valence electrons. The van der Waals surface area contributed by atoms with E-state index in [1.807, 2.05) is 6.26 Å². The van der Waals surface area contributed by atoms with Gasteiger partial charge in [-0.1, -0.05) is 0 Å². The van der Waals surface area contributed by atoms with E-state index in [1.165, 1.54) is 0 Å². The van der Waals surface area contributed by atoms with Gasteiger partial charge in [-0.05, 0) is 38.6 Å². The highest BCUT2D eigenvalue weighted by Gasteiger charge is 2.12. The first-order valence-electron chi connectivity index (χ1n) is 6.41. The summed E-state index contributed by atoms with van der Waals surface area (Å²) in [6, 6.07) is 0. The van der Waals surface area contributed by atoms with Gasteiger partial charge in [-0.3, -0.25) is 4.79 Å². The fraction of sp³-hybridized carbons (Fsp3) is 0.917. The Morgan fingerprint density at radius 2 is 2.24 bits per heavy atom. The minimum absolute atomic E-state index is 0.154. The lowest BCUT2D eigenvalue weighted by Gasteiger charge is -2.22. The van der Waals surface area contributed by atoms with E-state index in [2.05, 4.69) is 10.6 Å². The van der Waals surface area contributed by atoms with E-state index >= 15 is 0 Å². The van der Waals surface area contributed by atoms with Crippen LogP contribution in [0.25, 0.3) is 0 Å². The molecule has 0 aromatic rings. The van der Waals surface area contributed by atoms with Crippen molar-refractivity contribution in [1.82, 2.24) is 10.6 Å². The average Bonchev–Trinajstić information content (AvgIpc) is 2.37. The molecule has 0 atom stereocenters. The Morgan fingerprint density at radius 1 is 1.47 bits per heavy atom. The first-order valence-corrected chi connectivity index (χ1v) is 7.80. The monoisotopic (exact) mass is 260 g/mol.